The molecule has 5 N–H and O–H groups in total. The molecule has 92 valence electrons. The monoisotopic (exact) mass is 235 g/mol. The molecule has 0 heterocycles. The highest BCUT2D eigenvalue weighted by atomic mass is 16.4. The highest BCUT2D eigenvalue weighted by Gasteiger charge is 2.41. The van der Waals surface area contributed by atoms with Gasteiger partial charge in [0.25, 0.3) is 0 Å². The highest BCUT2D eigenvalue weighted by Crippen LogP contribution is 2.34. The molecule has 1 aromatic carbocycles. The molecule has 2 rings (SSSR count). The molecule has 1 fully saturated rings. The van der Waals surface area contributed by atoms with Crippen molar-refractivity contribution in [1.82, 2.24) is 5.32 Å². The Bertz CT molecular complexity index is 428. The minimum absolute atomic E-state index is 0.108. The number of oxime groups is 1. The van der Waals surface area contributed by atoms with Crippen LogP contribution in [0.15, 0.2) is 29.4 Å². The summed E-state index contributed by atoms with van der Waals surface area (Å²) in [5, 5.41) is 24.2. The maximum atomic E-state index is 9.21. The number of nitrogens with zero attached hydrogens (tertiary/aromatic N) is 1. The topological polar surface area (TPSA) is 90.9 Å². The van der Waals surface area contributed by atoms with Crippen LogP contribution in [-0.4, -0.2) is 28.3 Å². The summed E-state index contributed by atoms with van der Waals surface area (Å²) >= 11 is 0. The standard InChI is InChI=1S/C12H17N3O2/c13-11(15-17)10-4-2-1-3-9(10)7-14-12(8-16)5-6-12/h1-4,14,16-17H,5-8H2,(H2,13,15). The van der Waals surface area contributed by atoms with E-state index in [1.807, 2.05) is 24.3 Å². The van der Waals surface area contributed by atoms with Crippen LogP contribution in [0.1, 0.15) is 24.0 Å². The summed E-state index contributed by atoms with van der Waals surface area (Å²) in [4.78, 5) is 0. The van der Waals surface area contributed by atoms with Gasteiger partial charge in [-0.1, -0.05) is 29.4 Å². The summed E-state index contributed by atoms with van der Waals surface area (Å²) in [6.45, 7) is 0.756. The van der Waals surface area contributed by atoms with Crippen LogP contribution in [0.5, 0.6) is 0 Å². The zero-order valence-electron chi connectivity index (χ0n) is 9.56. The summed E-state index contributed by atoms with van der Waals surface area (Å²) in [5.41, 5.74) is 7.17. The fourth-order valence-electron chi connectivity index (χ4n) is 1.80. The van der Waals surface area contributed by atoms with Crippen molar-refractivity contribution >= 4 is 5.84 Å². The summed E-state index contributed by atoms with van der Waals surface area (Å²) in [6.07, 6.45) is 1.99. The van der Waals surface area contributed by atoms with Crippen LogP contribution in [0, 0.1) is 0 Å². The second kappa shape index (κ2) is 4.73. The largest absolute Gasteiger partial charge is 0.409 e. The van der Waals surface area contributed by atoms with E-state index in [0.717, 1.165) is 24.0 Å². The Balaban J connectivity index is 2.10. The Morgan fingerprint density at radius 1 is 1.41 bits per heavy atom. The lowest BCUT2D eigenvalue weighted by atomic mass is 10.1. The molecule has 0 spiro atoms. The van der Waals surface area contributed by atoms with Crippen molar-refractivity contribution in [3.63, 3.8) is 0 Å². The third-order valence-corrected chi connectivity index (χ3v) is 3.21. The molecule has 1 saturated carbocycles. The zero-order valence-corrected chi connectivity index (χ0v) is 9.56. The van der Waals surface area contributed by atoms with Crippen LogP contribution >= 0.6 is 0 Å². The first kappa shape index (κ1) is 11.9. The molecule has 17 heavy (non-hydrogen) atoms. The number of aliphatic hydroxyl groups is 1. The van der Waals surface area contributed by atoms with Gasteiger partial charge in [-0.15, -0.1) is 0 Å². The number of hydrogen-bond donors (Lipinski definition) is 4. The molecule has 1 aliphatic carbocycles. The van der Waals surface area contributed by atoms with Crippen LogP contribution in [0.4, 0.5) is 0 Å². The van der Waals surface area contributed by atoms with Crippen molar-refractivity contribution in [3.8, 4) is 0 Å². The Hall–Kier alpha value is -1.59. The van der Waals surface area contributed by atoms with Crippen LogP contribution in [-0.2, 0) is 6.54 Å². The van der Waals surface area contributed by atoms with Crippen LogP contribution in [0.3, 0.4) is 0 Å². The maximum Gasteiger partial charge on any atom is 0.170 e. The molecule has 5 nitrogen and oxygen atoms in total. The molecule has 1 aromatic rings. The Morgan fingerprint density at radius 3 is 2.71 bits per heavy atom. The van der Waals surface area contributed by atoms with Crippen LogP contribution in [0.2, 0.25) is 0 Å². The van der Waals surface area contributed by atoms with E-state index in [4.69, 9.17) is 10.9 Å². The smallest absolute Gasteiger partial charge is 0.170 e. The van der Waals surface area contributed by atoms with E-state index in [1.165, 1.54) is 0 Å². The minimum Gasteiger partial charge on any atom is -0.409 e. The first-order valence-electron chi connectivity index (χ1n) is 5.62. The zero-order chi connectivity index (χ0) is 12.3. The maximum absolute atomic E-state index is 9.21. The number of amidine groups is 1. The predicted octanol–water partition coefficient (Wildman–Crippen LogP) is 0.396. The molecule has 0 radical (unpaired) electrons. The van der Waals surface area contributed by atoms with Gasteiger partial charge in [0.1, 0.15) is 0 Å². The van der Waals surface area contributed by atoms with E-state index < -0.39 is 0 Å². The second-order valence-electron chi connectivity index (χ2n) is 4.43. The Labute approximate surface area is 99.9 Å². The van der Waals surface area contributed by atoms with Crippen molar-refractivity contribution in [2.24, 2.45) is 10.9 Å². The summed E-state index contributed by atoms with van der Waals surface area (Å²) in [5.74, 6) is 0.108. The van der Waals surface area contributed by atoms with E-state index >= 15 is 0 Å². The van der Waals surface area contributed by atoms with Gasteiger partial charge in [-0.25, -0.2) is 0 Å². The van der Waals surface area contributed by atoms with E-state index in [1.54, 1.807) is 0 Å². The first-order valence-corrected chi connectivity index (χ1v) is 5.62. The number of benzene rings is 1. The lowest BCUT2D eigenvalue weighted by Crippen LogP contribution is -2.34. The van der Waals surface area contributed by atoms with Gasteiger partial charge in [0, 0.05) is 17.6 Å². The molecule has 0 saturated heterocycles. The quantitative estimate of drug-likeness (QED) is 0.257. The summed E-state index contributed by atoms with van der Waals surface area (Å²) in [6, 6.07) is 7.48. The van der Waals surface area contributed by atoms with E-state index in [9.17, 15) is 5.11 Å². The minimum atomic E-state index is -0.113. The van der Waals surface area contributed by atoms with Gasteiger partial charge in [0.2, 0.25) is 0 Å². The van der Waals surface area contributed by atoms with Gasteiger partial charge >= 0.3 is 0 Å². The van der Waals surface area contributed by atoms with E-state index in [-0.39, 0.29) is 18.0 Å². The van der Waals surface area contributed by atoms with Crippen molar-refractivity contribution in [2.45, 2.75) is 24.9 Å². The van der Waals surface area contributed by atoms with Gasteiger partial charge in [0.05, 0.1) is 6.61 Å². The molecule has 0 bridgehead atoms. The molecule has 0 unspecified atom stereocenters. The predicted molar refractivity (Wildman–Crippen MR) is 64.8 cm³/mol. The van der Waals surface area contributed by atoms with Crippen LogP contribution < -0.4 is 11.1 Å². The molecule has 0 aromatic heterocycles. The van der Waals surface area contributed by atoms with Gasteiger partial charge in [-0.05, 0) is 18.4 Å². The van der Waals surface area contributed by atoms with Crippen molar-refractivity contribution in [3.05, 3.63) is 35.4 Å². The van der Waals surface area contributed by atoms with Gasteiger partial charge in [-0.3, -0.25) is 0 Å². The number of rotatable bonds is 5. The van der Waals surface area contributed by atoms with Crippen molar-refractivity contribution in [1.29, 1.82) is 0 Å². The summed E-state index contributed by atoms with van der Waals surface area (Å²) < 4.78 is 0. The Kier molecular flexibility index (Phi) is 3.31. The molecule has 0 atom stereocenters. The van der Waals surface area contributed by atoms with Gasteiger partial charge < -0.3 is 21.4 Å². The third kappa shape index (κ3) is 2.57. The molecule has 5 heteroatoms. The third-order valence-electron chi connectivity index (χ3n) is 3.21. The summed E-state index contributed by atoms with van der Waals surface area (Å²) in [7, 11) is 0. The van der Waals surface area contributed by atoms with Crippen LogP contribution in [0.25, 0.3) is 0 Å². The van der Waals surface area contributed by atoms with E-state index in [2.05, 4.69) is 10.5 Å². The normalized spacial score (nSPS) is 18.1. The average molecular weight is 235 g/mol. The van der Waals surface area contributed by atoms with Gasteiger partial charge in [-0.2, -0.15) is 0 Å². The van der Waals surface area contributed by atoms with Crippen molar-refractivity contribution < 1.29 is 10.3 Å². The molecule has 0 amide bonds. The average Bonchev–Trinajstić information content (AvgIpc) is 3.16. The molecule has 0 aliphatic heterocycles. The van der Waals surface area contributed by atoms with Crippen molar-refractivity contribution in [2.75, 3.05) is 6.61 Å². The van der Waals surface area contributed by atoms with E-state index in [0.29, 0.717) is 6.54 Å². The number of aliphatic hydroxyl groups excluding tert-OH is 1. The Morgan fingerprint density at radius 2 is 2.12 bits per heavy atom. The second-order valence-corrected chi connectivity index (χ2v) is 4.43. The number of nitrogens with one attached hydrogen (secondary N) is 1. The molecule has 1 aliphatic rings. The number of nitrogens with two attached hydrogens (primary N) is 1. The highest BCUT2D eigenvalue weighted by molar-refractivity contribution is 5.98. The fourth-order valence-corrected chi connectivity index (χ4v) is 1.80. The van der Waals surface area contributed by atoms with Gasteiger partial charge in [0.15, 0.2) is 5.84 Å². The fraction of sp³-hybridized carbons (Fsp3) is 0.417. The first-order chi connectivity index (χ1) is 8.21. The lowest BCUT2D eigenvalue weighted by Gasteiger charge is -2.15. The SMILES string of the molecule is N/C(=N/O)c1ccccc1CNC1(CO)CC1. The lowest BCUT2D eigenvalue weighted by molar-refractivity contribution is 0.229. The number of hydrogen-bond acceptors (Lipinski definition) is 4. The molecular weight excluding hydrogens is 218 g/mol. The molecular formula is C12H17N3O2.